The molecular formula is C17H26N2O2. The summed E-state index contributed by atoms with van der Waals surface area (Å²) in [6, 6.07) is 6.11. The number of ether oxygens (including phenoxy) is 1. The van der Waals surface area contributed by atoms with Crippen molar-refractivity contribution in [2.45, 2.75) is 33.7 Å². The average Bonchev–Trinajstić information content (AvgIpc) is 2.35. The Morgan fingerprint density at radius 1 is 1.33 bits per heavy atom. The van der Waals surface area contributed by atoms with Crippen LogP contribution in [0.15, 0.2) is 18.2 Å². The van der Waals surface area contributed by atoms with Gasteiger partial charge in [0.1, 0.15) is 12.4 Å². The summed E-state index contributed by atoms with van der Waals surface area (Å²) in [4.78, 5) is 12.1. The Hall–Kier alpha value is -1.55. The van der Waals surface area contributed by atoms with E-state index in [1.165, 1.54) is 0 Å². The largest absolute Gasteiger partial charge is 0.491 e. The first-order valence-corrected chi connectivity index (χ1v) is 7.69. The minimum absolute atomic E-state index is 0.00647. The molecular weight excluding hydrogens is 264 g/mol. The van der Waals surface area contributed by atoms with Gasteiger partial charge in [-0.3, -0.25) is 4.79 Å². The van der Waals surface area contributed by atoms with Crippen molar-refractivity contribution in [1.29, 1.82) is 0 Å². The van der Waals surface area contributed by atoms with Gasteiger partial charge in [-0.2, -0.15) is 0 Å². The molecule has 1 fully saturated rings. The second kappa shape index (κ2) is 6.94. The summed E-state index contributed by atoms with van der Waals surface area (Å²) in [5.74, 6) is 1.58. The lowest BCUT2D eigenvalue weighted by molar-refractivity contribution is -0.127. The number of carbonyl (C=O) groups excluding carboxylic acids is 1. The van der Waals surface area contributed by atoms with Gasteiger partial charge >= 0.3 is 0 Å². The molecule has 1 saturated heterocycles. The Morgan fingerprint density at radius 3 is 2.48 bits per heavy atom. The third-order valence-corrected chi connectivity index (χ3v) is 4.21. The highest BCUT2D eigenvalue weighted by Crippen LogP contribution is 2.22. The molecule has 4 heteroatoms. The minimum atomic E-state index is 0.00647. The van der Waals surface area contributed by atoms with E-state index in [2.05, 4.69) is 10.6 Å². The maximum Gasteiger partial charge on any atom is 0.223 e. The molecule has 1 aromatic rings. The van der Waals surface area contributed by atoms with Gasteiger partial charge in [-0.1, -0.05) is 25.1 Å². The van der Waals surface area contributed by atoms with E-state index in [4.69, 9.17) is 4.74 Å². The summed E-state index contributed by atoms with van der Waals surface area (Å²) in [5.41, 5.74) is 2.25. The molecule has 1 heterocycles. The Morgan fingerprint density at radius 2 is 1.95 bits per heavy atom. The lowest BCUT2D eigenvalue weighted by Gasteiger charge is -2.32. The smallest absolute Gasteiger partial charge is 0.223 e. The van der Waals surface area contributed by atoms with E-state index in [-0.39, 0.29) is 17.9 Å². The molecule has 0 radical (unpaired) electrons. The highest BCUT2D eigenvalue weighted by atomic mass is 16.5. The monoisotopic (exact) mass is 290 g/mol. The van der Waals surface area contributed by atoms with E-state index in [0.29, 0.717) is 12.5 Å². The van der Waals surface area contributed by atoms with Crippen LogP contribution < -0.4 is 15.4 Å². The molecule has 116 valence electrons. The zero-order chi connectivity index (χ0) is 15.4. The SMILES string of the molecule is Cc1cccc(C)c1OCC(C)NC(=O)C(C)C1CNC1. The number of para-hydroxylation sites is 1. The van der Waals surface area contributed by atoms with Gasteiger partial charge in [0.15, 0.2) is 0 Å². The first-order chi connectivity index (χ1) is 9.99. The van der Waals surface area contributed by atoms with E-state index in [9.17, 15) is 4.79 Å². The number of aryl methyl sites for hydroxylation is 2. The topological polar surface area (TPSA) is 50.4 Å². The van der Waals surface area contributed by atoms with Crippen molar-refractivity contribution in [3.05, 3.63) is 29.3 Å². The Balaban J connectivity index is 1.81. The summed E-state index contributed by atoms with van der Waals surface area (Å²) in [6.45, 7) is 10.4. The second-order valence-corrected chi connectivity index (χ2v) is 6.15. The molecule has 2 unspecified atom stereocenters. The number of carbonyl (C=O) groups is 1. The predicted molar refractivity (Wildman–Crippen MR) is 84.5 cm³/mol. The van der Waals surface area contributed by atoms with Gasteiger partial charge in [-0.25, -0.2) is 0 Å². The van der Waals surface area contributed by atoms with Gasteiger partial charge in [0, 0.05) is 5.92 Å². The minimum Gasteiger partial charge on any atom is -0.491 e. The lowest BCUT2D eigenvalue weighted by Crippen LogP contribution is -2.51. The Labute approximate surface area is 127 Å². The van der Waals surface area contributed by atoms with Gasteiger partial charge in [0.2, 0.25) is 5.91 Å². The molecule has 0 spiro atoms. The fraction of sp³-hybridized carbons (Fsp3) is 0.588. The molecule has 1 aromatic carbocycles. The van der Waals surface area contributed by atoms with E-state index in [0.717, 1.165) is 30.0 Å². The van der Waals surface area contributed by atoms with Crippen LogP contribution in [0, 0.1) is 25.7 Å². The van der Waals surface area contributed by atoms with Crippen molar-refractivity contribution < 1.29 is 9.53 Å². The van der Waals surface area contributed by atoms with Crippen LogP contribution in [-0.2, 0) is 4.79 Å². The zero-order valence-electron chi connectivity index (χ0n) is 13.4. The maximum atomic E-state index is 12.1. The molecule has 0 aromatic heterocycles. The van der Waals surface area contributed by atoms with E-state index in [1.807, 2.05) is 45.9 Å². The first-order valence-electron chi connectivity index (χ1n) is 7.69. The van der Waals surface area contributed by atoms with Gasteiger partial charge in [-0.15, -0.1) is 0 Å². The summed E-state index contributed by atoms with van der Waals surface area (Å²) < 4.78 is 5.88. The molecule has 0 saturated carbocycles. The van der Waals surface area contributed by atoms with Crippen molar-refractivity contribution >= 4 is 5.91 Å². The third-order valence-electron chi connectivity index (χ3n) is 4.21. The summed E-state index contributed by atoms with van der Waals surface area (Å²) >= 11 is 0. The Bertz CT molecular complexity index is 477. The highest BCUT2D eigenvalue weighted by molar-refractivity contribution is 5.79. The quantitative estimate of drug-likeness (QED) is 0.843. The van der Waals surface area contributed by atoms with Crippen LogP contribution in [0.25, 0.3) is 0 Å². The summed E-state index contributed by atoms with van der Waals surface area (Å²) in [6.07, 6.45) is 0. The standard InChI is InChI=1S/C17H26N2O2/c1-11-6-5-7-12(2)16(11)21-10-13(3)19-17(20)14(4)15-8-18-9-15/h5-7,13-15,18H,8-10H2,1-4H3,(H,19,20). The van der Waals surface area contributed by atoms with Crippen molar-refractivity contribution in [3.63, 3.8) is 0 Å². The van der Waals surface area contributed by atoms with Crippen molar-refractivity contribution in [1.82, 2.24) is 10.6 Å². The number of amides is 1. The highest BCUT2D eigenvalue weighted by Gasteiger charge is 2.29. The summed E-state index contributed by atoms with van der Waals surface area (Å²) in [7, 11) is 0. The number of nitrogens with one attached hydrogen (secondary N) is 2. The van der Waals surface area contributed by atoms with Crippen molar-refractivity contribution in [2.75, 3.05) is 19.7 Å². The molecule has 2 atom stereocenters. The van der Waals surface area contributed by atoms with Gasteiger partial charge < -0.3 is 15.4 Å². The molecule has 0 aliphatic carbocycles. The van der Waals surface area contributed by atoms with Gasteiger partial charge in [0.05, 0.1) is 6.04 Å². The van der Waals surface area contributed by atoms with E-state index < -0.39 is 0 Å². The molecule has 4 nitrogen and oxygen atoms in total. The molecule has 1 amide bonds. The second-order valence-electron chi connectivity index (χ2n) is 6.15. The molecule has 1 aliphatic heterocycles. The first kappa shape index (κ1) is 15.8. The molecule has 2 N–H and O–H groups in total. The number of rotatable bonds is 6. The predicted octanol–water partition coefficient (Wildman–Crippen LogP) is 2.04. The normalized spacial score (nSPS) is 17.7. The van der Waals surface area contributed by atoms with Crippen LogP contribution in [0.4, 0.5) is 0 Å². The van der Waals surface area contributed by atoms with Crippen LogP contribution in [0.5, 0.6) is 5.75 Å². The van der Waals surface area contributed by atoms with E-state index >= 15 is 0 Å². The lowest BCUT2D eigenvalue weighted by atomic mass is 9.88. The van der Waals surface area contributed by atoms with Crippen LogP contribution in [-0.4, -0.2) is 31.6 Å². The fourth-order valence-corrected chi connectivity index (χ4v) is 2.53. The third kappa shape index (κ3) is 3.97. The van der Waals surface area contributed by atoms with Crippen molar-refractivity contribution in [3.8, 4) is 5.75 Å². The van der Waals surface area contributed by atoms with Gasteiger partial charge in [-0.05, 0) is 50.9 Å². The molecule has 0 bridgehead atoms. The van der Waals surface area contributed by atoms with Crippen LogP contribution in [0.1, 0.15) is 25.0 Å². The summed E-state index contributed by atoms with van der Waals surface area (Å²) in [5, 5.41) is 6.25. The van der Waals surface area contributed by atoms with Crippen LogP contribution >= 0.6 is 0 Å². The number of benzene rings is 1. The van der Waals surface area contributed by atoms with Crippen LogP contribution in [0.2, 0.25) is 0 Å². The van der Waals surface area contributed by atoms with Gasteiger partial charge in [0.25, 0.3) is 0 Å². The van der Waals surface area contributed by atoms with E-state index in [1.54, 1.807) is 0 Å². The molecule has 2 rings (SSSR count). The van der Waals surface area contributed by atoms with Crippen molar-refractivity contribution in [2.24, 2.45) is 11.8 Å². The number of hydrogen-bond donors (Lipinski definition) is 2. The maximum absolute atomic E-state index is 12.1. The van der Waals surface area contributed by atoms with Crippen LogP contribution in [0.3, 0.4) is 0 Å². The fourth-order valence-electron chi connectivity index (χ4n) is 2.53. The molecule has 21 heavy (non-hydrogen) atoms. The zero-order valence-corrected chi connectivity index (χ0v) is 13.4. The number of hydrogen-bond acceptors (Lipinski definition) is 3. The Kier molecular flexibility index (Phi) is 5.23. The average molecular weight is 290 g/mol. The molecule has 1 aliphatic rings.